The van der Waals surface area contributed by atoms with Gasteiger partial charge >= 0.3 is 0 Å². The van der Waals surface area contributed by atoms with Gasteiger partial charge in [-0.05, 0) is 55.2 Å². The Bertz CT molecular complexity index is 933. The summed E-state index contributed by atoms with van der Waals surface area (Å²) in [5.41, 5.74) is 3.26. The minimum absolute atomic E-state index is 0.0582. The first-order valence-corrected chi connectivity index (χ1v) is 9.49. The summed E-state index contributed by atoms with van der Waals surface area (Å²) in [6, 6.07) is 11.3. The van der Waals surface area contributed by atoms with Crippen LogP contribution in [0.25, 0.3) is 12.2 Å². The SMILES string of the molecule is COc1cc(/C=C2\CCC/C(=C\c3cccc(OC)c3OC)C2=O)cc(OC)c1. The third-order valence-corrected chi connectivity index (χ3v) is 4.95. The molecular weight excluding hydrogens is 368 g/mol. The zero-order valence-electron chi connectivity index (χ0n) is 17.3. The van der Waals surface area contributed by atoms with Gasteiger partial charge in [0.1, 0.15) is 11.5 Å². The first-order chi connectivity index (χ1) is 14.1. The molecule has 152 valence electrons. The van der Waals surface area contributed by atoms with Crippen LogP contribution in [0.4, 0.5) is 0 Å². The Balaban J connectivity index is 1.95. The van der Waals surface area contributed by atoms with Crippen molar-refractivity contribution in [2.24, 2.45) is 0 Å². The van der Waals surface area contributed by atoms with Crippen molar-refractivity contribution in [1.29, 1.82) is 0 Å². The van der Waals surface area contributed by atoms with Gasteiger partial charge in [-0.15, -0.1) is 0 Å². The normalized spacial score (nSPS) is 16.8. The summed E-state index contributed by atoms with van der Waals surface area (Å²) in [5, 5.41) is 0. The van der Waals surface area contributed by atoms with E-state index < -0.39 is 0 Å². The highest BCUT2D eigenvalue weighted by atomic mass is 16.5. The highest BCUT2D eigenvalue weighted by Crippen LogP contribution is 2.35. The van der Waals surface area contributed by atoms with Gasteiger partial charge in [0, 0.05) is 22.8 Å². The number of methoxy groups -OCH3 is 4. The molecule has 2 aromatic carbocycles. The minimum Gasteiger partial charge on any atom is -0.497 e. The molecule has 1 aliphatic carbocycles. The molecule has 1 aliphatic rings. The van der Waals surface area contributed by atoms with Crippen LogP contribution in [0.5, 0.6) is 23.0 Å². The molecular formula is C24H26O5. The van der Waals surface area contributed by atoms with E-state index >= 15 is 0 Å². The second kappa shape index (κ2) is 9.32. The first-order valence-electron chi connectivity index (χ1n) is 9.49. The summed E-state index contributed by atoms with van der Waals surface area (Å²) in [5.74, 6) is 2.71. The number of hydrogen-bond acceptors (Lipinski definition) is 5. The zero-order chi connectivity index (χ0) is 20.8. The van der Waals surface area contributed by atoms with Crippen LogP contribution in [-0.4, -0.2) is 34.2 Å². The Morgan fingerprint density at radius 1 is 0.793 bits per heavy atom. The van der Waals surface area contributed by atoms with Crippen molar-refractivity contribution in [3.63, 3.8) is 0 Å². The van der Waals surface area contributed by atoms with Crippen LogP contribution in [-0.2, 0) is 4.79 Å². The Labute approximate surface area is 171 Å². The quantitative estimate of drug-likeness (QED) is 0.650. The average Bonchev–Trinajstić information content (AvgIpc) is 2.75. The number of carbonyl (C=O) groups is 1. The highest BCUT2D eigenvalue weighted by molar-refractivity contribution is 6.14. The van der Waals surface area contributed by atoms with Crippen LogP contribution in [0.1, 0.15) is 30.4 Å². The largest absolute Gasteiger partial charge is 0.497 e. The van der Waals surface area contributed by atoms with Gasteiger partial charge < -0.3 is 18.9 Å². The zero-order valence-corrected chi connectivity index (χ0v) is 17.3. The highest BCUT2D eigenvalue weighted by Gasteiger charge is 2.21. The number of benzene rings is 2. The van der Waals surface area contributed by atoms with Crippen molar-refractivity contribution in [1.82, 2.24) is 0 Å². The molecule has 1 saturated carbocycles. The predicted octanol–water partition coefficient (Wildman–Crippen LogP) is 4.94. The maximum atomic E-state index is 13.1. The molecule has 0 heterocycles. The van der Waals surface area contributed by atoms with Gasteiger partial charge in [-0.1, -0.05) is 12.1 Å². The van der Waals surface area contributed by atoms with Gasteiger partial charge in [-0.3, -0.25) is 4.79 Å². The van der Waals surface area contributed by atoms with Crippen molar-refractivity contribution in [3.05, 3.63) is 58.7 Å². The lowest BCUT2D eigenvalue weighted by Gasteiger charge is -2.18. The van der Waals surface area contributed by atoms with Gasteiger partial charge in [0.05, 0.1) is 28.4 Å². The molecule has 29 heavy (non-hydrogen) atoms. The van der Waals surface area contributed by atoms with Crippen LogP contribution < -0.4 is 18.9 Å². The van der Waals surface area contributed by atoms with E-state index in [1.165, 1.54) is 0 Å². The monoisotopic (exact) mass is 394 g/mol. The summed E-state index contributed by atoms with van der Waals surface area (Å²) in [4.78, 5) is 13.1. The standard InChI is InChI=1S/C24H26O5/c1-26-20-12-16(13-21(15-20)27-2)11-17-7-5-8-18(23(17)25)14-19-9-6-10-22(28-3)24(19)29-4/h6,9-15H,5,7-8H2,1-4H3/b17-11+,18-14+. The summed E-state index contributed by atoms with van der Waals surface area (Å²) in [6.07, 6.45) is 6.21. The van der Waals surface area contributed by atoms with Gasteiger partial charge in [0.15, 0.2) is 17.3 Å². The maximum Gasteiger partial charge on any atom is 0.185 e. The van der Waals surface area contributed by atoms with Gasteiger partial charge in [-0.2, -0.15) is 0 Å². The Morgan fingerprint density at radius 3 is 2.03 bits per heavy atom. The number of para-hydroxylation sites is 1. The van der Waals surface area contributed by atoms with Gasteiger partial charge in [-0.25, -0.2) is 0 Å². The van der Waals surface area contributed by atoms with E-state index in [9.17, 15) is 4.79 Å². The van der Waals surface area contributed by atoms with Crippen molar-refractivity contribution >= 4 is 17.9 Å². The van der Waals surface area contributed by atoms with Gasteiger partial charge in [0.25, 0.3) is 0 Å². The van der Waals surface area contributed by atoms with Crippen molar-refractivity contribution < 1.29 is 23.7 Å². The molecule has 0 aromatic heterocycles. The summed E-state index contributed by atoms with van der Waals surface area (Å²) < 4.78 is 21.5. The first kappa shape index (κ1) is 20.5. The number of ether oxygens (including phenoxy) is 4. The van der Waals surface area contributed by atoms with E-state index in [1.807, 2.05) is 48.6 Å². The molecule has 5 heteroatoms. The molecule has 0 atom stereocenters. The molecule has 0 unspecified atom stereocenters. The number of hydrogen-bond donors (Lipinski definition) is 0. The van der Waals surface area contributed by atoms with Crippen molar-refractivity contribution in [2.75, 3.05) is 28.4 Å². The minimum atomic E-state index is 0.0582. The lowest BCUT2D eigenvalue weighted by Crippen LogP contribution is -2.12. The van der Waals surface area contributed by atoms with Gasteiger partial charge in [0.2, 0.25) is 0 Å². The van der Waals surface area contributed by atoms with Crippen LogP contribution in [0, 0.1) is 0 Å². The molecule has 0 N–H and O–H groups in total. The van der Waals surface area contributed by atoms with Crippen LogP contribution in [0.2, 0.25) is 0 Å². The van der Waals surface area contributed by atoms with Crippen LogP contribution >= 0.6 is 0 Å². The fraction of sp³-hybridized carbons (Fsp3) is 0.292. The summed E-state index contributed by atoms with van der Waals surface area (Å²) in [6.45, 7) is 0. The predicted molar refractivity (Wildman–Crippen MR) is 114 cm³/mol. The van der Waals surface area contributed by atoms with Crippen molar-refractivity contribution in [3.8, 4) is 23.0 Å². The second-order valence-electron chi connectivity index (χ2n) is 6.75. The Kier molecular flexibility index (Phi) is 6.60. The molecule has 3 rings (SSSR count). The third kappa shape index (κ3) is 4.62. The van der Waals surface area contributed by atoms with E-state index in [0.29, 0.717) is 23.0 Å². The summed E-state index contributed by atoms with van der Waals surface area (Å²) >= 11 is 0. The molecule has 0 aliphatic heterocycles. The average molecular weight is 394 g/mol. The van der Waals surface area contributed by atoms with Crippen LogP contribution in [0.15, 0.2) is 47.5 Å². The molecule has 0 amide bonds. The fourth-order valence-corrected chi connectivity index (χ4v) is 3.51. The van der Waals surface area contributed by atoms with Crippen molar-refractivity contribution in [2.45, 2.75) is 19.3 Å². The molecule has 0 saturated heterocycles. The number of carbonyl (C=O) groups excluding carboxylic acids is 1. The van der Waals surface area contributed by atoms with E-state index in [2.05, 4.69) is 0 Å². The molecule has 0 spiro atoms. The number of ketones is 1. The topological polar surface area (TPSA) is 54.0 Å². The second-order valence-corrected chi connectivity index (χ2v) is 6.75. The smallest absolute Gasteiger partial charge is 0.185 e. The van der Waals surface area contributed by atoms with E-state index in [4.69, 9.17) is 18.9 Å². The summed E-state index contributed by atoms with van der Waals surface area (Å²) in [7, 11) is 6.42. The molecule has 5 nitrogen and oxygen atoms in total. The van der Waals surface area contributed by atoms with E-state index in [1.54, 1.807) is 28.4 Å². The maximum absolute atomic E-state index is 13.1. The Hall–Kier alpha value is -3.21. The lowest BCUT2D eigenvalue weighted by molar-refractivity contribution is -0.112. The Morgan fingerprint density at radius 2 is 1.45 bits per heavy atom. The van der Waals surface area contributed by atoms with E-state index in [-0.39, 0.29) is 5.78 Å². The third-order valence-electron chi connectivity index (χ3n) is 4.95. The fourth-order valence-electron chi connectivity index (χ4n) is 3.51. The van der Waals surface area contributed by atoms with E-state index in [0.717, 1.165) is 41.5 Å². The number of Topliss-reactive ketones (excluding diaryl/α,β-unsaturated/α-hetero) is 1. The lowest BCUT2D eigenvalue weighted by atomic mass is 9.86. The molecule has 0 bridgehead atoms. The molecule has 2 aromatic rings. The number of rotatable bonds is 6. The molecule has 0 radical (unpaired) electrons. The number of allylic oxidation sites excluding steroid dienone is 2. The molecule has 1 fully saturated rings. The van der Waals surface area contributed by atoms with Crippen LogP contribution in [0.3, 0.4) is 0 Å².